The highest BCUT2D eigenvalue weighted by molar-refractivity contribution is 7.13. The van der Waals surface area contributed by atoms with Crippen LogP contribution in [0, 0.1) is 0 Å². The zero-order valence-electron chi connectivity index (χ0n) is 9.63. The van der Waals surface area contributed by atoms with Gasteiger partial charge < -0.3 is 4.74 Å². The Morgan fingerprint density at radius 3 is 2.83 bits per heavy atom. The molecule has 0 atom stereocenters. The molecule has 5 heteroatoms. The van der Waals surface area contributed by atoms with Crippen LogP contribution in [0.1, 0.15) is 10.4 Å². The number of amides is 1. The van der Waals surface area contributed by atoms with Crippen molar-refractivity contribution < 1.29 is 9.53 Å². The molecule has 18 heavy (non-hydrogen) atoms. The molecule has 1 aromatic heterocycles. The van der Waals surface area contributed by atoms with Crippen LogP contribution in [0.5, 0.6) is 5.75 Å². The van der Waals surface area contributed by atoms with Gasteiger partial charge in [-0.1, -0.05) is 12.7 Å². The first-order valence-electron chi connectivity index (χ1n) is 5.34. The third kappa shape index (κ3) is 3.18. The van der Waals surface area contributed by atoms with Crippen molar-refractivity contribution in [2.75, 3.05) is 11.9 Å². The maximum absolute atomic E-state index is 11.8. The largest absolute Gasteiger partial charge is 0.490 e. The molecule has 0 radical (unpaired) electrons. The highest BCUT2D eigenvalue weighted by Crippen LogP contribution is 2.15. The number of anilines is 1. The third-order valence-electron chi connectivity index (χ3n) is 2.14. The quantitative estimate of drug-likeness (QED) is 0.841. The molecule has 0 fully saturated rings. The van der Waals surface area contributed by atoms with Crippen molar-refractivity contribution in [1.29, 1.82) is 0 Å². The summed E-state index contributed by atoms with van der Waals surface area (Å²) in [6.07, 6.45) is 3.32. The second kappa shape index (κ2) is 5.97. The van der Waals surface area contributed by atoms with E-state index in [0.717, 1.165) is 0 Å². The molecule has 0 aliphatic heterocycles. The van der Waals surface area contributed by atoms with Gasteiger partial charge in [-0.15, -0.1) is 11.3 Å². The topological polar surface area (TPSA) is 51.2 Å². The van der Waals surface area contributed by atoms with Crippen LogP contribution < -0.4 is 10.1 Å². The van der Waals surface area contributed by atoms with Gasteiger partial charge in [-0.2, -0.15) is 0 Å². The predicted octanol–water partition coefficient (Wildman–Crippen LogP) is 2.96. The molecule has 0 saturated heterocycles. The number of nitrogens with one attached hydrogen (secondary N) is 1. The van der Waals surface area contributed by atoms with E-state index < -0.39 is 0 Å². The number of thiazole rings is 1. The SMILES string of the molecule is C=CCOc1ccc(C(=O)Nc2nccs2)cc1. The van der Waals surface area contributed by atoms with Crippen LogP contribution >= 0.6 is 11.3 Å². The monoisotopic (exact) mass is 260 g/mol. The van der Waals surface area contributed by atoms with Crippen LogP contribution in [0.2, 0.25) is 0 Å². The van der Waals surface area contributed by atoms with E-state index in [1.807, 2.05) is 5.38 Å². The van der Waals surface area contributed by atoms with Crippen LogP contribution in [0.3, 0.4) is 0 Å². The fourth-order valence-corrected chi connectivity index (χ4v) is 1.84. The Hall–Kier alpha value is -2.14. The van der Waals surface area contributed by atoms with Gasteiger partial charge in [0.15, 0.2) is 5.13 Å². The molecule has 0 aliphatic rings. The van der Waals surface area contributed by atoms with Gasteiger partial charge in [0.05, 0.1) is 0 Å². The lowest BCUT2D eigenvalue weighted by molar-refractivity contribution is 0.102. The summed E-state index contributed by atoms with van der Waals surface area (Å²) in [7, 11) is 0. The number of aromatic nitrogens is 1. The Morgan fingerprint density at radius 2 is 2.22 bits per heavy atom. The molecule has 1 aromatic carbocycles. The Balaban J connectivity index is 2.00. The van der Waals surface area contributed by atoms with E-state index in [1.165, 1.54) is 11.3 Å². The molecule has 0 saturated carbocycles. The highest BCUT2D eigenvalue weighted by atomic mass is 32.1. The summed E-state index contributed by atoms with van der Waals surface area (Å²) in [5.74, 6) is 0.529. The Bertz CT molecular complexity index is 520. The van der Waals surface area contributed by atoms with Gasteiger partial charge in [0.1, 0.15) is 12.4 Å². The number of carbonyl (C=O) groups is 1. The van der Waals surface area contributed by atoms with E-state index in [0.29, 0.717) is 23.1 Å². The molecule has 0 aliphatic carbocycles. The lowest BCUT2D eigenvalue weighted by atomic mass is 10.2. The average molecular weight is 260 g/mol. The molecule has 1 heterocycles. The first-order chi connectivity index (χ1) is 8.79. The summed E-state index contributed by atoms with van der Waals surface area (Å²) in [6, 6.07) is 6.92. The second-order valence-electron chi connectivity index (χ2n) is 3.42. The van der Waals surface area contributed by atoms with Crippen molar-refractivity contribution in [2.24, 2.45) is 0 Å². The van der Waals surface area contributed by atoms with Gasteiger partial charge in [0.2, 0.25) is 0 Å². The Morgan fingerprint density at radius 1 is 1.44 bits per heavy atom. The molecular formula is C13H12N2O2S. The molecule has 4 nitrogen and oxygen atoms in total. The van der Waals surface area contributed by atoms with Crippen LogP contribution in [-0.4, -0.2) is 17.5 Å². The minimum Gasteiger partial charge on any atom is -0.490 e. The number of rotatable bonds is 5. The number of benzene rings is 1. The Kier molecular flexibility index (Phi) is 4.09. The maximum atomic E-state index is 11.8. The number of nitrogens with zero attached hydrogens (tertiary/aromatic N) is 1. The van der Waals surface area contributed by atoms with Gasteiger partial charge in [0.25, 0.3) is 5.91 Å². The number of hydrogen-bond acceptors (Lipinski definition) is 4. The third-order valence-corrected chi connectivity index (χ3v) is 2.83. The number of ether oxygens (including phenoxy) is 1. The summed E-state index contributed by atoms with van der Waals surface area (Å²) in [4.78, 5) is 15.8. The minimum atomic E-state index is -0.180. The Labute approximate surface area is 109 Å². The maximum Gasteiger partial charge on any atom is 0.257 e. The highest BCUT2D eigenvalue weighted by Gasteiger charge is 2.07. The van der Waals surface area contributed by atoms with Crippen molar-refractivity contribution >= 4 is 22.4 Å². The number of hydrogen-bond donors (Lipinski definition) is 1. The summed E-state index contributed by atoms with van der Waals surface area (Å²) in [5.41, 5.74) is 0.566. The van der Waals surface area contributed by atoms with Crippen molar-refractivity contribution in [3.63, 3.8) is 0 Å². The second-order valence-corrected chi connectivity index (χ2v) is 4.31. The van der Waals surface area contributed by atoms with Crippen molar-refractivity contribution in [1.82, 2.24) is 4.98 Å². The van der Waals surface area contributed by atoms with Crippen LogP contribution in [-0.2, 0) is 0 Å². The van der Waals surface area contributed by atoms with E-state index in [2.05, 4.69) is 16.9 Å². The van der Waals surface area contributed by atoms with Gasteiger partial charge >= 0.3 is 0 Å². The van der Waals surface area contributed by atoms with Crippen LogP contribution in [0.15, 0.2) is 48.5 Å². The molecule has 2 aromatic rings. The molecule has 92 valence electrons. The van der Waals surface area contributed by atoms with E-state index in [9.17, 15) is 4.79 Å². The normalized spacial score (nSPS) is 9.78. The van der Waals surface area contributed by atoms with Crippen molar-refractivity contribution in [3.8, 4) is 5.75 Å². The number of carbonyl (C=O) groups excluding carboxylic acids is 1. The summed E-state index contributed by atoms with van der Waals surface area (Å²) >= 11 is 1.38. The van der Waals surface area contributed by atoms with E-state index in [1.54, 1.807) is 36.5 Å². The molecule has 0 unspecified atom stereocenters. The van der Waals surface area contributed by atoms with Crippen molar-refractivity contribution in [2.45, 2.75) is 0 Å². The first kappa shape index (κ1) is 12.3. The first-order valence-corrected chi connectivity index (χ1v) is 6.22. The summed E-state index contributed by atoms with van der Waals surface area (Å²) in [5, 5.41) is 5.11. The van der Waals surface area contributed by atoms with E-state index in [-0.39, 0.29) is 5.91 Å². The molecule has 1 N–H and O–H groups in total. The van der Waals surface area contributed by atoms with Gasteiger partial charge in [-0.3, -0.25) is 10.1 Å². The van der Waals surface area contributed by atoms with Gasteiger partial charge in [-0.05, 0) is 24.3 Å². The molecule has 2 rings (SSSR count). The smallest absolute Gasteiger partial charge is 0.257 e. The summed E-state index contributed by atoms with van der Waals surface area (Å²) in [6.45, 7) is 4.02. The van der Waals surface area contributed by atoms with Gasteiger partial charge in [-0.25, -0.2) is 4.98 Å². The molecular weight excluding hydrogens is 248 g/mol. The lowest BCUT2D eigenvalue weighted by Gasteiger charge is -2.04. The molecule has 1 amide bonds. The molecule has 0 spiro atoms. The van der Waals surface area contributed by atoms with E-state index >= 15 is 0 Å². The van der Waals surface area contributed by atoms with Crippen molar-refractivity contribution in [3.05, 3.63) is 54.1 Å². The zero-order chi connectivity index (χ0) is 12.8. The van der Waals surface area contributed by atoms with Crippen LogP contribution in [0.4, 0.5) is 5.13 Å². The minimum absolute atomic E-state index is 0.180. The van der Waals surface area contributed by atoms with Crippen LogP contribution in [0.25, 0.3) is 0 Å². The standard InChI is InChI=1S/C13H12N2O2S/c1-2-8-17-11-5-3-10(4-6-11)12(16)15-13-14-7-9-18-13/h2-7,9H,1,8H2,(H,14,15,16). The van der Waals surface area contributed by atoms with E-state index in [4.69, 9.17) is 4.74 Å². The predicted molar refractivity (Wildman–Crippen MR) is 72.2 cm³/mol. The fraction of sp³-hybridized carbons (Fsp3) is 0.0769. The fourth-order valence-electron chi connectivity index (χ4n) is 1.31. The van der Waals surface area contributed by atoms with Gasteiger partial charge in [0, 0.05) is 17.1 Å². The lowest BCUT2D eigenvalue weighted by Crippen LogP contribution is -2.11. The summed E-state index contributed by atoms with van der Waals surface area (Å²) < 4.78 is 5.34. The zero-order valence-corrected chi connectivity index (χ0v) is 10.4. The average Bonchev–Trinajstić information content (AvgIpc) is 2.89. The molecule has 0 bridgehead atoms.